The number of Topliss-reactive ketones (excluding diaryl/α,β-unsaturated/α-hetero) is 1. The minimum absolute atomic E-state index is 0.0275. The summed E-state index contributed by atoms with van der Waals surface area (Å²) >= 11 is 3.29. The van der Waals surface area contributed by atoms with Gasteiger partial charge in [-0.1, -0.05) is 28.1 Å². The molecular weight excluding hydrogens is 274 g/mol. The van der Waals surface area contributed by atoms with Crippen LogP contribution in [0.25, 0.3) is 0 Å². The molecule has 2 N–H and O–H groups in total. The molecule has 86 valence electrons. The number of benzene rings is 1. The highest BCUT2D eigenvalue weighted by atomic mass is 79.9. The minimum Gasteiger partial charge on any atom is -0.465 e. The van der Waals surface area contributed by atoms with Gasteiger partial charge in [0.15, 0.2) is 5.78 Å². The molecule has 0 aromatic heterocycles. The predicted octanol–water partition coefficient (Wildman–Crippen LogP) is 2.68. The van der Waals surface area contributed by atoms with Crippen molar-refractivity contribution in [2.24, 2.45) is 0 Å². The Balaban J connectivity index is 2.35. The molecule has 0 atom stereocenters. The number of hydrogen-bond acceptors (Lipinski definition) is 2. The molecule has 1 amide bonds. The third kappa shape index (κ3) is 4.44. The van der Waals surface area contributed by atoms with Gasteiger partial charge in [0.05, 0.1) is 0 Å². The van der Waals surface area contributed by atoms with E-state index in [1.165, 1.54) is 0 Å². The molecule has 0 saturated heterocycles. The second kappa shape index (κ2) is 6.27. The van der Waals surface area contributed by atoms with Crippen LogP contribution in [0.3, 0.4) is 0 Å². The lowest BCUT2D eigenvalue weighted by Gasteiger charge is -2.01. The lowest BCUT2D eigenvalue weighted by atomic mass is 10.1. The van der Waals surface area contributed by atoms with E-state index in [1.54, 1.807) is 12.1 Å². The zero-order valence-electron chi connectivity index (χ0n) is 8.57. The van der Waals surface area contributed by atoms with Gasteiger partial charge in [0.1, 0.15) is 0 Å². The van der Waals surface area contributed by atoms with Gasteiger partial charge >= 0.3 is 6.09 Å². The number of carbonyl (C=O) groups excluding carboxylic acids is 1. The maximum Gasteiger partial charge on any atom is 0.404 e. The Morgan fingerprint density at radius 3 is 2.44 bits per heavy atom. The second-order valence-corrected chi connectivity index (χ2v) is 4.18. The molecule has 4 nitrogen and oxygen atoms in total. The van der Waals surface area contributed by atoms with Crippen molar-refractivity contribution < 1.29 is 14.7 Å². The molecule has 0 bridgehead atoms. The number of carbonyl (C=O) groups is 2. The van der Waals surface area contributed by atoms with E-state index in [0.29, 0.717) is 24.9 Å². The van der Waals surface area contributed by atoms with Gasteiger partial charge in [-0.05, 0) is 18.6 Å². The van der Waals surface area contributed by atoms with E-state index in [0.717, 1.165) is 4.47 Å². The molecule has 0 radical (unpaired) electrons. The van der Waals surface area contributed by atoms with Crippen molar-refractivity contribution >= 4 is 27.8 Å². The van der Waals surface area contributed by atoms with Gasteiger partial charge in [-0.25, -0.2) is 4.79 Å². The molecule has 0 heterocycles. The van der Waals surface area contributed by atoms with Crippen LogP contribution in [0, 0.1) is 0 Å². The maximum absolute atomic E-state index is 11.6. The summed E-state index contributed by atoms with van der Waals surface area (Å²) in [4.78, 5) is 21.8. The molecule has 5 heteroatoms. The molecule has 1 rings (SSSR count). The van der Waals surface area contributed by atoms with E-state index < -0.39 is 6.09 Å². The predicted molar refractivity (Wildman–Crippen MR) is 63.7 cm³/mol. The summed E-state index contributed by atoms with van der Waals surface area (Å²) < 4.78 is 0.927. The van der Waals surface area contributed by atoms with Gasteiger partial charge in [0.25, 0.3) is 0 Å². The van der Waals surface area contributed by atoms with Crippen molar-refractivity contribution in [1.82, 2.24) is 5.32 Å². The second-order valence-electron chi connectivity index (χ2n) is 3.27. The summed E-state index contributed by atoms with van der Waals surface area (Å²) in [5.74, 6) is 0.0275. The van der Waals surface area contributed by atoms with Crippen molar-refractivity contribution in [3.63, 3.8) is 0 Å². The molecule has 0 fully saturated rings. The normalized spacial score (nSPS) is 9.81. The lowest BCUT2D eigenvalue weighted by Crippen LogP contribution is -2.22. The summed E-state index contributed by atoms with van der Waals surface area (Å²) in [6.07, 6.45) is -0.195. The van der Waals surface area contributed by atoms with Crippen LogP contribution < -0.4 is 5.32 Å². The number of hydrogen-bond donors (Lipinski definition) is 2. The molecule has 0 unspecified atom stereocenters. The maximum atomic E-state index is 11.6. The number of amides is 1. The van der Waals surface area contributed by atoms with Crippen LogP contribution in [0.15, 0.2) is 28.7 Å². The van der Waals surface area contributed by atoms with Gasteiger partial charge in [0.2, 0.25) is 0 Å². The molecule has 0 aliphatic carbocycles. The van der Waals surface area contributed by atoms with Crippen molar-refractivity contribution in [2.45, 2.75) is 12.8 Å². The molecule has 0 aliphatic heterocycles. The first-order valence-corrected chi connectivity index (χ1v) is 5.64. The van der Waals surface area contributed by atoms with Crippen molar-refractivity contribution in [2.75, 3.05) is 6.54 Å². The summed E-state index contributed by atoms with van der Waals surface area (Å²) in [5, 5.41) is 10.5. The van der Waals surface area contributed by atoms with E-state index in [-0.39, 0.29) is 5.78 Å². The third-order valence-corrected chi connectivity index (χ3v) is 2.55. The Hall–Kier alpha value is -1.36. The average molecular weight is 286 g/mol. The Bertz CT molecular complexity index is 375. The smallest absolute Gasteiger partial charge is 0.404 e. The highest BCUT2D eigenvalue weighted by Crippen LogP contribution is 2.12. The van der Waals surface area contributed by atoms with E-state index in [4.69, 9.17) is 5.11 Å². The van der Waals surface area contributed by atoms with Gasteiger partial charge in [-0.2, -0.15) is 0 Å². The molecule has 16 heavy (non-hydrogen) atoms. The van der Waals surface area contributed by atoms with Crippen LogP contribution >= 0.6 is 15.9 Å². The zero-order valence-corrected chi connectivity index (χ0v) is 10.2. The van der Waals surface area contributed by atoms with Crippen LogP contribution in [0.2, 0.25) is 0 Å². The molecule has 0 aliphatic rings. The van der Waals surface area contributed by atoms with Gasteiger partial charge in [-0.3, -0.25) is 4.79 Å². The third-order valence-electron chi connectivity index (χ3n) is 2.02. The first-order chi connectivity index (χ1) is 7.59. The number of halogens is 1. The summed E-state index contributed by atoms with van der Waals surface area (Å²) in [7, 11) is 0. The standard InChI is InChI=1S/C11H12BrNO3/c12-9-5-3-8(4-6-9)10(14)2-1-7-13-11(15)16/h3-6,13H,1-2,7H2,(H,15,16). The van der Waals surface area contributed by atoms with Crippen LogP contribution in [0.4, 0.5) is 4.79 Å². The SMILES string of the molecule is O=C(O)NCCCC(=O)c1ccc(Br)cc1. The van der Waals surface area contributed by atoms with Crippen molar-refractivity contribution in [3.05, 3.63) is 34.3 Å². The van der Waals surface area contributed by atoms with E-state index in [1.807, 2.05) is 12.1 Å². The monoisotopic (exact) mass is 285 g/mol. The average Bonchev–Trinajstić information content (AvgIpc) is 2.25. The van der Waals surface area contributed by atoms with E-state index in [2.05, 4.69) is 21.2 Å². The number of carboxylic acid groups (broad SMARTS) is 1. The van der Waals surface area contributed by atoms with Crippen LogP contribution in [0.1, 0.15) is 23.2 Å². The minimum atomic E-state index is -1.06. The van der Waals surface area contributed by atoms with Crippen LogP contribution in [0.5, 0.6) is 0 Å². The molecule has 0 saturated carbocycles. The van der Waals surface area contributed by atoms with Gasteiger partial charge in [-0.15, -0.1) is 0 Å². The quantitative estimate of drug-likeness (QED) is 0.646. The van der Waals surface area contributed by atoms with Gasteiger partial charge in [0, 0.05) is 23.0 Å². The summed E-state index contributed by atoms with van der Waals surface area (Å²) in [6, 6.07) is 7.11. The first kappa shape index (κ1) is 12.7. The lowest BCUT2D eigenvalue weighted by molar-refractivity contribution is 0.0979. The highest BCUT2D eigenvalue weighted by Gasteiger charge is 2.05. The molecular formula is C11H12BrNO3. The fourth-order valence-corrected chi connectivity index (χ4v) is 1.49. The molecule has 0 spiro atoms. The number of ketones is 1. The Kier molecular flexibility index (Phi) is 4.98. The van der Waals surface area contributed by atoms with Crippen LogP contribution in [-0.4, -0.2) is 23.5 Å². The van der Waals surface area contributed by atoms with E-state index in [9.17, 15) is 9.59 Å². The fraction of sp³-hybridized carbons (Fsp3) is 0.273. The van der Waals surface area contributed by atoms with Crippen molar-refractivity contribution in [3.8, 4) is 0 Å². The Morgan fingerprint density at radius 2 is 1.88 bits per heavy atom. The first-order valence-electron chi connectivity index (χ1n) is 4.85. The summed E-state index contributed by atoms with van der Waals surface area (Å²) in [6.45, 7) is 0.303. The number of nitrogens with one attached hydrogen (secondary N) is 1. The molecule has 1 aromatic carbocycles. The Morgan fingerprint density at radius 1 is 1.25 bits per heavy atom. The highest BCUT2D eigenvalue weighted by molar-refractivity contribution is 9.10. The van der Waals surface area contributed by atoms with Crippen LogP contribution in [-0.2, 0) is 0 Å². The largest absolute Gasteiger partial charge is 0.465 e. The van der Waals surface area contributed by atoms with Crippen molar-refractivity contribution in [1.29, 1.82) is 0 Å². The fourth-order valence-electron chi connectivity index (χ4n) is 1.22. The number of rotatable bonds is 5. The Labute approximate surface area is 102 Å². The molecule has 1 aromatic rings. The zero-order chi connectivity index (χ0) is 12.0. The summed E-state index contributed by atoms with van der Waals surface area (Å²) in [5.41, 5.74) is 0.651. The van der Waals surface area contributed by atoms with E-state index >= 15 is 0 Å². The topological polar surface area (TPSA) is 66.4 Å². The van der Waals surface area contributed by atoms with Gasteiger partial charge < -0.3 is 10.4 Å².